The lowest BCUT2D eigenvalue weighted by Crippen LogP contribution is -2.21. The minimum atomic E-state index is 0.740. The van der Waals surface area contributed by atoms with Gasteiger partial charge in [-0.25, -0.2) is 0 Å². The second-order valence-corrected chi connectivity index (χ2v) is 5.73. The molecule has 0 aliphatic heterocycles. The third-order valence-electron chi connectivity index (χ3n) is 3.58. The van der Waals surface area contributed by atoms with Crippen molar-refractivity contribution in [1.82, 2.24) is 5.32 Å². The fraction of sp³-hybridized carbons (Fsp3) is 0.647. The van der Waals surface area contributed by atoms with E-state index < -0.39 is 0 Å². The van der Waals surface area contributed by atoms with Crippen molar-refractivity contribution < 1.29 is 0 Å². The molecular formula is C17H29N. The van der Waals surface area contributed by atoms with Gasteiger partial charge in [-0.2, -0.15) is 0 Å². The van der Waals surface area contributed by atoms with E-state index in [0.717, 1.165) is 24.9 Å². The molecule has 0 unspecified atom stereocenters. The van der Waals surface area contributed by atoms with E-state index in [1.165, 1.54) is 30.4 Å². The first-order chi connectivity index (χ1) is 8.65. The summed E-state index contributed by atoms with van der Waals surface area (Å²) in [5.41, 5.74) is 2.85. The zero-order chi connectivity index (χ0) is 13.4. The van der Waals surface area contributed by atoms with Gasteiger partial charge < -0.3 is 5.32 Å². The largest absolute Gasteiger partial charge is 0.312 e. The predicted molar refractivity (Wildman–Crippen MR) is 80.8 cm³/mol. The van der Waals surface area contributed by atoms with E-state index in [-0.39, 0.29) is 0 Å². The molecule has 0 heterocycles. The van der Waals surface area contributed by atoms with Crippen LogP contribution in [0.3, 0.4) is 0 Å². The molecule has 0 aliphatic rings. The van der Waals surface area contributed by atoms with Crippen LogP contribution in [0.15, 0.2) is 24.3 Å². The van der Waals surface area contributed by atoms with Gasteiger partial charge in [-0.1, -0.05) is 64.8 Å². The van der Waals surface area contributed by atoms with Gasteiger partial charge in [-0.15, -0.1) is 0 Å². The van der Waals surface area contributed by atoms with E-state index in [1.54, 1.807) is 0 Å². The minimum absolute atomic E-state index is 0.740. The van der Waals surface area contributed by atoms with Crippen molar-refractivity contribution in [3.05, 3.63) is 35.4 Å². The maximum absolute atomic E-state index is 3.56. The van der Waals surface area contributed by atoms with Gasteiger partial charge in [0, 0.05) is 6.54 Å². The van der Waals surface area contributed by atoms with Crippen LogP contribution in [0, 0.1) is 11.8 Å². The van der Waals surface area contributed by atoms with E-state index in [2.05, 4.69) is 57.3 Å². The number of hydrogen-bond donors (Lipinski definition) is 1. The Hall–Kier alpha value is -0.820. The Balaban J connectivity index is 2.35. The summed E-state index contributed by atoms with van der Waals surface area (Å²) in [6, 6.07) is 9.07. The second kappa shape index (κ2) is 8.31. The molecule has 0 aliphatic carbocycles. The third kappa shape index (κ3) is 5.68. The fourth-order valence-electron chi connectivity index (χ4n) is 2.26. The topological polar surface area (TPSA) is 12.0 Å². The zero-order valence-electron chi connectivity index (χ0n) is 12.5. The van der Waals surface area contributed by atoms with Gasteiger partial charge in [0.1, 0.15) is 0 Å². The SMILES string of the molecule is CCC(CC)CNCc1ccc(CC(C)C)cc1. The van der Waals surface area contributed by atoms with Gasteiger partial charge in [0.05, 0.1) is 0 Å². The predicted octanol–water partition coefficient (Wildman–Crippen LogP) is 4.41. The molecule has 0 bridgehead atoms. The molecule has 1 rings (SSSR count). The van der Waals surface area contributed by atoms with Crippen molar-refractivity contribution in [3.8, 4) is 0 Å². The van der Waals surface area contributed by atoms with Crippen molar-refractivity contribution in [2.45, 2.75) is 53.5 Å². The van der Waals surface area contributed by atoms with Gasteiger partial charge in [-0.3, -0.25) is 0 Å². The Morgan fingerprint density at radius 1 is 0.944 bits per heavy atom. The van der Waals surface area contributed by atoms with Crippen LogP contribution in [0.2, 0.25) is 0 Å². The molecule has 18 heavy (non-hydrogen) atoms. The lowest BCUT2D eigenvalue weighted by molar-refractivity contribution is 0.449. The van der Waals surface area contributed by atoms with Crippen molar-refractivity contribution in [3.63, 3.8) is 0 Å². The highest BCUT2D eigenvalue weighted by Gasteiger charge is 2.02. The highest BCUT2D eigenvalue weighted by atomic mass is 14.9. The Labute approximate surface area is 113 Å². The summed E-state index contributed by atoms with van der Waals surface area (Å²) >= 11 is 0. The lowest BCUT2D eigenvalue weighted by Gasteiger charge is -2.13. The smallest absolute Gasteiger partial charge is 0.0205 e. The Bertz CT molecular complexity index is 309. The van der Waals surface area contributed by atoms with Crippen molar-refractivity contribution in [2.75, 3.05) is 6.54 Å². The molecule has 0 saturated heterocycles. The van der Waals surface area contributed by atoms with Gasteiger partial charge in [-0.05, 0) is 35.9 Å². The standard InChI is InChI=1S/C17H29N/c1-5-15(6-2)12-18-13-17-9-7-16(8-10-17)11-14(3)4/h7-10,14-15,18H,5-6,11-13H2,1-4H3. The van der Waals surface area contributed by atoms with Crippen molar-refractivity contribution in [1.29, 1.82) is 0 Å². The maximum Gasteiger partial charge on any atom is 0.0205 e. The molecule has 1 aromatic carbocycles. The van der Waals surface area contributed by atoms with E-state index in [9.17, 15) is 0 Å². The Morgan fingerprint density at radius 2 is 1.50 bits per heavy atom. The highest BCUT2D eigenvalue weighted by molar-refractivity contribution is 5.22. The summed E-state index contributed by atoms with van der Waals surface area (Å²) in [6.45, 7) is 11.2. The monoisotopic (exact) mass is 247 g/mol. The molecule has 0 fully saturated rings. The molecule has 0 spiro atoms. The molecule has 0 atom stereocenters. The summed E-state index contributed by atoms with van der Waals surface area (Å²) < 4.78 is 0. The van der Waals surface area contributed by atoms with Crippen LogP contribution in [0.25, 0.3) is 0 Å². The van der Waals surface area contributed by atoms with Crippen molar-refractivity contribution in [2.24, 2.45) is 11.8 Å². The lowest BCUT2D eigenvalue weighted by atomic mass is 10.0. The third-order valence-corrected chi connectivity index (χ3v) is 3.58. The molecule has 1 nitrogen and oxygen atoms in total. The summed E-state index contributed by atoms with van der Waals surface area (Å²) in [4.78, 5) is 0. The van der Waals surface area contributed by atoms with Crippen LogP contribution in [0.4, 0.5) is 0 Å². The molecule has 0 radical (unpaired) electrons. The van der Waals surface area contributed by atoms with Gasteiger partial charge in [0.2, 0.25) is 0 Å². The van der Waals surface area contributed by atoms with E-state index in [4.69, 9.17) is 0 Å². The van der Waals surface area contributed by atoms with Crippen LogP contribution < -0.4 is 5.32 Å². The number of benzene rings is 1. The Morgan fingerprint density at radius 3 is 2.00 bits per heavy atom. The summed E-state index contributed by atoms with van der Waals surface area (Å²) in [5, 5.41) is 3.56. The summed E-state index contributed by atoms with van der Waals surface area (Å²) in [7, 11) is 0. The molecule has 0 amide bonds. The average Bonchev–Trinajstić information content (AvgIpc) is 2.36. The highest BCUT2D eigenvalue weighted by Crippen LogP contribution is 2.10. The number of rotatable bonds is 8. The molecule has 1 N–H and O–H groups in total. The molecule has 102 valence electrons. The van der Waals surface area contributed by atoms with Crippen LogP contribution in [-0.4, -0.2) is 6.54 Å². The van der Waals surface area contributed by atoms with Gasteiger partial charge >= 0.3 is 0 Å². The molecule has 1 heteroatoms. The second-order valence-electron chi connectivity index (χ2n) is 5.73. The first kappa shape index (κ1) is 15.2. The van der Waals surface area contributed by atoms with Gasteiger partial charge in [0.25, 0.3) is 0 Å². The summed E-state index contributed by atoms with van der Waals surface area (Å²) in [5.74, 6) is 1.56. The maximum atomic E-state index is 3.56. The van der Waals surface area contributed by atoms with E-state index >= 15 is 0 Å². The molecule has 1 aromatic rings. The number of nitrogens with one attached hydrogen (secondary N) is 1. The van der Waals surface area contributed by atoms with Gasteiger partial charge in [0.15, 0.2) is 0 Å². The van der Waals surface area contributed by atoms with Crippen LogP contribution in [-0.2, 0) is 13.0 Å². The van der Waals surface area contributed by atoms with Crippen LogP contribution in [0.1, 0.15) is 51.7 Å². The normalized spacial score (nSPS) is 11.4. The quantitative estimate of drug-likeness (QED) is 0.717. The first-order valence-corrected chi connectivity index (χ1v) is 7.44. The average molecular weight is 247 g/mol. The van der Waals surface area contributed by atoms with Crippen LogP contribution in [0.5, 0.6) is 0 Å². The van der Waals surface area contributed by atoms with Crippen LogP contribution >= 0.6 is 0 Å². The van der Waals surface area contributed by atoms with E-state index in [1.807, 2.05) is 0 Å². The summed E-state index contributed by atoms with van der Waals surface area (Å²) in [6.07, 6.45) is 3.73. The molecular weight excluding hydrogens is 218 g/mol. The molecule has 0 aromatic heterocycles. The fourth-order valence-corrected chi connectivity index (χ4v) is 2.26. The minimum Gasteiger partial charge on any atom is -0.312 e. The zero-order valence-corrected chi connectivity index (χ0v) is 12.5. The van der Waals surface area contributed by atoms with Crippen molar-refractivity contribution >= 4 is 0 Å². The number of hydrogen-bond acceptors (Lipinski definition) is 1. The first-order valence-electron chi connectivity index (χ1n) is 7.44. The molecule has 0 saturated carbocycles. The van der Waals surface area contributed by atoms with E-state index in [0.29, 0.717) is 0 Å². The Kier molecular flexibility index (Phi) is 7.04.